The average Bonchev–Trinajstić information content (AvgIpc) is 3.14. The van der Waals surface area contributed by atoms with Crippen LogP contribution in [0.15, 0.2) is 36.4 Å². The predicted octanol–water partition coefficient (Wildman–Crippen LogP) is 2.58. The van der Waals surface area contributed by atoms with Gasteiger partial charge in [0.1, 0.15) is 6.07 Å². The molecule has 0 aromatic heterocycles. The van der Waals surface area contributed by atoms with E-state index in [1.54, 1.807) is 36.4 Å². The third kappa shape index (κ3) is 3.94. The van der Waals surface area contributed by atoms with E-state index in [-0.39, 0.29) is 24.8 Å². The molecule has 1 saturated heterocycles. The lowest BCUT2D eigenvalue weighted by molar-refractivity contribution is -0.122. The topological polar surface area (TPSA) is 101 Å². The third-order valence-corrected chi connectivity index (χ3v) is 4.76. The van der Waals surface area contributed by atoms with E-state index in [0.717, 1.165) is 0 Å². The van der Waals surface area contributed by atoms with Crippen LogP contribution < -0.4 is 24.4 Å². The lowest BCUT2D eigenvalue weighted by atomic mass is 10.1. The van der Waals surface area contributed by atoms with Gasteiger partial charge in [0.25, 0.3) is 0 Å². The maximum atomic E-state index is 12.7. The number of rotatable bonds is 6. The van der Waals surface area contributed by atoms with Gasteiger partial charge in [-0.15, -0.1) is 0 Å². The smallest absolute Gasteiger partial charge is 0.229 e. The molecule has 1 aliphatic heterocycles. The monoisotopic (exact) mass is 395 g/mol. The van der Waals surface area contributed by atoms with Crippen LogP contribution in [0.25, 0.3) is 0 Å². The molecule has 0 aliphatic carbocycles. The number of carbonyl (C=O) groups is 2. The Hall–Kier alpha value is -3.73. The minimum Gasteiger partial charge on any atom is -0.493 e. The molecule has 2 aromatic carbocycles. The highest BCUT2D eigenvalue weighted by atomic mass is 16.5. The van der Waals surface area contributed by atoms with Crippen LogP contribution in [0, 0.1) is 17.2 Å². The van der Waals surface area contributed by atoms with E-state index in [0.29, 0.717) is 34.2 Å². The number of hydrogen-bond acceptors (Lipinski definition) is 6. The number of hydrogen-bond donors (Lipinski definition) is 1. The summed E-state index contributed by atoms with van der Waals surface area (Å²) in [7, 11) is 4.49. The first-order valence-electron chi connectivity index (χ1n) is 8.92. The zero-order valence-electron chi connectivity index (χ0n) is 16.4. The summed E-state index contributed by atoms with van der Waals surface area (Å²) >= 11 is 0. The maximum absolute atomic E-state index is 12.7. The van der Waals surface area contributed by atoms with E-state index in [1.165, 1.54) is 26.2 Å². The van der Waals surface area contributed by atoms with Crippen molar-refractivity contribution in [3.05, 3.63) is 42.0 Å². The summed E-state index contributed by atoms with van der Waals surface area (Å²) in [5, 5.41) is 11.9. The van der Waals surface area contributed by atoms with Crippen molar-refractivity contribution in [2.24, 2.45) is 5.92 Å². The minimum absolute atomic E-state index is 0.0667. The molecule has 1 heterocycles. The van der Waals surface area contributed by atoms with Gasteiger partial charge in [0.05, 0.1) is 44.2 Å². The second kappa shape index (κ2) is 8.52. The Balaban J connectivity index is 1.82. The van der Waals surface area contributed by atoms with Crippen molar-refractivity contribution in [3.8, 4) is 23.3 Å². The first-order chi connectivity index (χ1) is 14.0. The number of benzene rings is 2. The Morgan fingerprint density at radius 3 is 2.38 bits per heavy atom. The van der Waals surface area contributed by atoms with Gasteiger partial charge in [-0.1, -0.05) is 12.1 Å². The molecule has 2 aromatic rings. The van der Waals surface area contributed by atoms with Crippen molar-refractivity contribution < 1.29 is 23.8 Å². The number of carbonyl (C=O) groups excluding carboxylic acids is 2. The zero-order valence-corrected chi connectivity index (χ0v) is 16.4. The SMILES string of the molecule is COc1cc(N2CC(C(=O)Nc3ccccc3C#N)CC2=O)cc(OC)c1OC. The van der Waals surface area contributed by atoms with Crippen molar-refractivity contribution in [2.45, 2.75) is 6.42 Å². The maximum Gasteiger partial charge on any atom is 0.229 e. The highest BCUT2D eigenvalue weighted by molar-refractivity contribution is 6.04. The fourth-order valence-corrected chi connectivity index (χ4v) is 3.28. The Labute approximate surface area is 168 Å². The van der Waals surface area contributed by atoms with Crippen molar-refractivity contribution in [1.29, 1.82) is 5.26 Å². The van der Waals surface area contributed by atoms with E-state index in [9.17, 15) is 14.9 Å². The minimum atomic E-state index is -0.548. The lowest BCUT2D eigenvalue weighted by Crippen LogP contribution is -2.28. The van der Waals surface area contributed by atoms with Crippen molar-refractivity contribution in [1.82, 2.24) is 0 Å². The van der Waals surface area contributed by atoms with Gasteiger partial charge in [0.2, 0.25) is 17.6 Å². The quantitative estimate of drug-likeness (QED) is 0.807. The summed E-state index contributed by atoms with van der Waals surface area (Å²) in [6.45, 7) is 0.206. The Bertz CT molecular complexity index is 958. The molecule has 3 rings (SSSR count). The molecule has 1 fully saturated rings. The van der Waals surface area contributed by atoms with Gasteiger partial charge in [0, 0.05) is 25.1 Å². The van der Waals surface area contributed by atoms with Crippen LogP contribution in [-0.4, -0.2) is 39.7 Å². The molecule has 0 spiro atoms. The van der Waals surface area contributed by atoms with Crippen molar-refractivity contribution in [2.75, 3.05) is 38.1 Å². The molecule has 1 atom stereocenters. The molecule has 8 heteroatoms. The van der Waals surface area contributed by atoms with Gasteiger partial charge >= 0.3 is 0 Å². The highest BCUT2D eigenvalue weighted by Gasteiger charge is 2.36. The van der Waals surface area contributed by atoms with Crippen LogP contribution in [0.1, 0.15) is 12.0 Å². The lowest BCUT2D eigenvalue weighted by Gasteiger charge is -2.20. The number of anilines is 2. The number of nitriles is 1. The van der Waals surface area contributed by atoms with Gasteiger partial charge in [-0.3, -0.25) is 9.59 Å². The molecule has 29 heavy (non-hydrogen) atoms. The molecule has 2 amide bonds. The standard InChI is InChI=1S/C21H21N3O5/c1-27-17-9-15(10-18(28-2)20(17)29-3)24-12-14(8-19(24)25)21(26)23-16-7-5-4-6-13(16)11-22/h4-7,9-10,14H,8,12H2,1-3H3,(H,23,26). The molecule has 0 bridgehead atoms. The van der Waals surface area contributed by atoms with Crippen LogP contribution in [0.4, 0.5) is 11.4 Å². The van der Waals surface area contributed by atoms with Gasteiger partial charge < -0.3 is 24.4 Å². The Morgan fingerprint density at radius 2 is 1.79 bits per heavy atom. The summed E-state index contributed by atoms with van der Waals surface area (Å²) in [4.78, 5) is 26.8. The van der Waals surface area contributed by atoms with Crippen LogP contribution >= 0.6 is 0 Å². The fourth-order valence-electron chi connectivity index (χ4n) is 3.28. The van der Waals surface area contributed by atoms with E-state index < -0.39 is 5.92 Å². The first kappa shape index (κ1) is 20.0. The number of nitrogens with zero attached hydrogens (tertiary/aromatic N) is 2. The number of para-hydroxylation sites is 1. The predicted molar refractivity (Wildman–Crippen MR) is 106 cm³/mol. The van der Waals surface area contributed by atoms with Gasteiger partial charge in [-0.05, 0) is 12.1 Å². The number of methoxy groups -OCH3 is 3. The Morgan fingerprint density at radius 1 is 1.14 bits per heavy atom. The summed E-state index contributed by atoms with van der Waals surface area (Å²) in [6, 6.07) is 12.1. The van der Waals surface area contributed by atoms with Crippen LogP contribution in [0.5, 0.6) is 17.2 Å². The Kier molecular flexibility index (Phi) is 5.88. The van der Waals surface area contributed by atoms with Gasteiger partial charge in [-0.2, -0.15) is 5.26 Å². The summed E-state index contributed by atoms with van der Waals surface area (Å²) < 4.78 is 16.0. The van der Waals surface area contributed by atoms with Crippen LogP contribution in [-0.2, 0) is 9.59 Å². The molecule has 8 nitrogen and oxygen atoms in total. The van der Waals surface area contributed by atoms with Gasteiger partial charge in [-0.25, -0.2) is 0 Å². The molecule has 1 unspecified atom stereocenters. The molecule has 0 radical (unpaired) electrons. The van der Waals surface area contributed by atoms with E-state index in [4.69, 9.17) is 14.2 Å². The molecule has 0 saturated carbocycles. The van der Waals surface area contributed by atoms with E-state index in [2.05, 4.69) is 5.32 Å². The number of amides is 2. The zero-order chi connectivity index (χ0) is 21.0. The van der Waals surface area contributed by atoms with E-state index in [1.807, 2.05) is 6.07 Å². The largest absolute Gasteiger partial charge is 0.493 e. The normalized spacial score (nSPS) is 15.6. The summed E-state index contributed by atoms with van der Waals surface area (Å²) in [5.41, 5.74) is 1.35. The molecular formula is C21H21N3O5. The first-order valence-corrected chi connectivity index (χ1v) is 8.92. The highest BCUT2D eigenvalue weighted by Crippen LogP contribution is 2.42. The van der Waals surface area contributed by atoms with Crippen molar-refractivity contribution >= 4 is 23.2 Å². The summed E-state index contributed by atoms with van der Waals surface area (Å²) in [6.07, 6.45) is 0.0667. The second-order valence-electron chi connectivity index (χ2n) is 6.44. The number of nitrogens with one attached hydrogen (secondary N) is 1. The van der Waals surface area contributed by atoms with Gasteiger partial charge in [0.15, 0.2) is 11.5 Å². The van der Waals surface area contributed by atoms with Crippen LogP contribution in [0.3, 0.4) is 0 Å². The molecule has 1 N–H and O–H groups in total. The number of ether oxygens (including phenoxy) is 3. The average molecular weight is 395 g/mol. The third-order valence-electron chi connectivity index (χ3n) is 4.76. The van der Waals surface area contributed by atoms with Crippen LogP contribution in [0.2, 0.25) is 0 Å². The summed E-state index contributed by atoms with van der Waals surface area (Å²) in [5.74, 6) is 0.223. The fraction of sp³-hybridized carbons (Fsp3) is 0.286. The molecule has 150 valence electrons. The van der Waals surface area contributed by atoms with E-state index >= 15 is 0 Å². The second-order valence-corrected chi connectivity index (χ2v) is 6.44. The molecule has 1 aliphatic rings. The molecular weight excluding hydrogens is 374 g/mol. The van der Waals surface area contributed by atoms with Crippen molar-refractivity contribution in [3.63, 3.8) is 0 Å².